The predicted molar refractivity (Wildman–Crippen MR) is 89.2 cm³/mol. The molecule has 0 saturated heterocycles. The summed E-state index contributed by atoms with van der Waals surface area (Å²) in [5.74, 6) is 0.769. The fourth-order valence-electron chi connectivity index (χ4n) is 2.33. The average molecular weight is 315 g/mol. The Morgan fingerprint density at radius 2 is 1.95 bits per heavy atom. The van der Waals surface area contributed by atoms with Crippen LogP contribution in [-0.2, 0) is 13.0 Å². The second-order valence-electron chi connectivity index (χ2n) is 5.22. The summed E-state index contributed by atoms with van der Waals surface area (Å²) in [5, 5.41) is 9.73. The van der Waals surface area contributed by atoms with Gasteiger partial charge in [0, 0.05) is 18.1 Å². The van der Waals surface area contributed by atoms with Gasteiger partial charge in [-0.2, -0.15) is 5.26 Å². The van der Waals surface area contributed by atoms with Gasteiger partial charge in [0.05, 0.1) is 18.7 Å². The second kappa shape index (κ2) is 7.84. The summed E-state index contributed by atoms with van der Waals surface area (Å²) in [6.07, 6.45) is 0.857. The maximum absolute atomic E-state index is 8.93. The molecule has 0 bridgehead atoms. The van der Waals surface area contributed by atoms with Gasteiger partial charge in [0.25, 0.3) is 0 Å². The van der Waals surface area contributed by atoms with Crippen LogP contribution in [0.15, 0.2) is 42.5 Å². The highest BCUT2D eigenvalue weighted by Crippen LogP contribution is 2.21. The van der Waals surface area contributed by atoms with Crippen LogP contribution in [0.5, 0.6) is 5.75 Å². The molecular formula is C18H19ClN2O. The number of benzene rings is 2. The first-order valence-electron chi connectivity index (χ1n) is 7.13. The first-order chi connectivity index (χ1) is 10.6. The minimum absolute atomic E-state index is 0.616. The zero-order valence-corrected chi connectivity index (χ0v) is 13.6. The Labute approximate surface area is 136 Å². The molecule has 3 nitrogen and oxygen atoms in total. The van der Waals surface area contributed by atoms with Gasteiger partial charge in [-0.3, -0.25) is 0 Å². The quantitative estimate of drug-likeness (QED) is 0.811. The van der Waals surface area contributed by atoms with Crippen LogP contribution < -0.4 is 4.74 Å². The summed E-state index contributed by atoms with van der Waals surface area (Å²) in [6.45, 7) is 1.69. The molecule has 0 amide bonds. The van der Waals surface area contributed by atoms with E-state index in [0.717, 1.165) is 41.4 Å². The Morgan fingerprint density at radius 1 is 1.18 bits per heavy atom. The van der Waals surface area contributed by atoms with Crippen molar-refractivity contribution in [1.82, 2.24) is 4.90 Å². The number of methoxy groups -OCH3 is 1. The number of nitrogens with zero attached hydrogens (tertiary/aromatic N) is 2. The van der Waals surface area contributed by atoms with E-state index >= 15 is 0 Å². The summed E-state index contributed by atoms with van der Waals surface area (Å²) in [4.78, 5) is 2.22. The van der Waals surface area contributed by atoms with E-state index in [1.807, 2.05) is 36.4 Å². The smallest absolute Gasteiger partial charge is 0.123 e. The van der Waals surface area contributed by atoms with Crippen molar-refractivity contribution in [1.29, 1.82) is 5.26 Å². The van der Waals surface area contributed by atoms with Crippen LogP contribution in [-0.4, -0.2) is 25.6 Å². The molecule has 0 N–H and O–H groups in total. The lowest BCUT2D eigenvalue weighted by Gasteiger charge is -2.18. The lowest BCUT2D eigenvalue weighted by Crippen LogP contribution is -2.21. The topological polar surface area (TPSA) is 36.3 Å². The number of likely N-dealkylation sites (N-methyl/N-ethyl adjacent to an activating group) is 1. The summed E-state index contributed by atoms with van der Waals surface area (Å²) in [5.41, 5.74) is 2.84. The number of hydrogen-bond donors (Lipinski definition) is 0. The maximum atomic E-state index is 8.93. The van der Waals surface area contributed by atoms with Crippen molar-refractivity contribution in [2.75, 3.05) is 20.7 Å². The van der Waals surface area contributed by atoms with E-state index in [1.165, 1.54) is 0 Å². The molecule has 4 heteroatoms. The monoisotopic (exact) mass is 314 g/mol. The van der Waals surface area contributed by atoms with Crippen LogP contribution in [0.25, 0.3) is 0 Å². The second-order valence-corrected chi connectivity index (χ2v) is 5.62. The Hall–Kier alpha value is -2.02. The minimum Gasteiger partial charge on any atom is -0.496 e. The zero-order valence-electron chi connectivity index (χ0n) is 12.8. The summed E-state index contributed by atoms with van der Waals surface area (Å²) in [7, 11) is 3.70. The summed E-state index contributed by atoms with van der Waals surface area (Å²) < 4.78 is 5.37. The molecule has 114 valence electrons. The highest BCUT2D eigenvalue weighted by Gasteiger charge is 2.08. The van der Waals surface area contributed by atoms with Crippen LogP contribution in [0, 0.1) is 11.3 Å². The molecule has 0 fully saturated rings. The Balaban J connectivity index is 1.98. The minimum atomic E-state index is 0.616. The van der Waals surface area contributed by atoms with E-state index in [2.05, 4.69) is 18.0 Å². The fraction of sp³-hybridized carbons (Fsp3) is 0.278. The molecule has 0 atom stereocenters. The van der Waals surface area contributed by atoms with Crippen LogP contribution in [0.3, 0.4) is 0 Å². The number of rotatable bonds is 6. The highest BCUT2D eigenvalue weighted by molar-refractivity contribution is 6.31. The van der Waals surface area contributed by atoms with Gasteiger partial charge >= 0.3 is 0 Å². The summed E-state index contributed by atoms with van der Waals surface area (Å²) >= 11 is 6.19. The van der Waals surface area contributed by atoms with E-state index in [1.54, 1.807) is 13.2 Å². The van der Waals surface area contributed by atoms with Gasteiger partial charge in [-0.1, -0.05) is 35.9 Å². The molecule has 2 rings (SSSR count). The third-order valence-corrected chi connectivity index (χ3v) is 3.95. The van der Waals surface area contributed by atoms with E-state index < -0.39 is 0 Å². The van der Waals surface area contributed by atoms with Gasteiger partial charge in [-0.25, -0.2) is 0 Å². The third kappa shape index (κ3) is 4.24. The molecule has 0 saturated carbocycles. The Bertz CT molecular complexity index is 679. The van der Waals surface area contributed by atoms with Crippen molar-refractivity contribution in [2.45, 2.75) is 13.0 Å². The molecule has 0 aromatic heterocycles. The van der Waals surface area contributed by atoms with Gasteiger partial charge in [0.2, 0.25) is 0 Å². The van der Waals surface area contributed by atoms with Crippen molar-refractivity contribution < 1.29 is 4.74 Å². The number of halogens is 1. The molecule has 22 heavy (non-hydrogen) atoms. The molecule has 0 heterocycles. The van der Waals surface area contributed by atoms with Crippen LogP contribution in [0.2, 0.25) is 5.02 Å². The molecule has 0 aliphatic carbocycles. The van der Waals surface area contributed by atoms with Gasteiger partial charge in [0.15, 0.2) is 0 Å². The van der Waals surface area contributed by atoms with Gasteiger partial charge in [-0.15, -0.1) is 0 Å². The standard InChI is InChI=1S/C18H19ClN2O/c1-21(13-16-5-3-4-6-17(16)19)10-9-15-8-7-14(12-20)11-18(15)22-2/h3-8,11H,9-10,13H2,1-2H3. The van der Waals surface area contributed by atoms with E-state index in [9.17, 15) is 0 Å². The Kier molecular flexibility index (Phi) is 5.83. The molecule has 0 spiro atoms. The van der Waals surface area contributed by atoms with Gasteiger partial charge in [0.1, 0.15) is 5.75 Å². The molecule has 0 unspecified atom stereocenters. The largest absolute Gasteiger partial charge is 0.496 e. The highest BCUT2D eigenvalue weighted by atomic mass is 35.5. The first-order valence-corrected chi connectivity index (χ1v) is 7.51. The normalized spacial score (nSPS) is 10.5. The lowest BCUT2D eigenvalue weighted by atomic mass is 10.1. The summed E-state index contributed by atoms with van der Waals surface area (Å²) in [6, 6.07) is 15.6. The maximum Gasteiger partial charge on any atom is 0.123 e. The van der Waals surface area contributed by atoms with E-state index in [4.69, 9.17) is 21.6 Å². The molecule has 0 radical (unpaired) electrons. The molecule has 2 aromatic rings. The zero-order chi connectivity index (χ0) is 15.9. The van der Waals surface area contributed by atoms with Crippen molar-refractivity contribution in [2.24, 2.45) is 0 Å². The molecule has 2 aromatic carbocycles. The lowest BCUT2D eigenvalue weighted by molar-refractivity contribution is 0.328. The SMILES string of the molecule is COc1cc(C#N)ccc1CCN(C)Cc1ccccc1Cl. The third-order valence-electron chi connectivity index (χ3n) is 3.58. The number of ether oxygens (including phenoxy) is 1. The number of hydrogen-bond acceptors (Lipinski definition) is 3. The van der Waals surface area contributed by atoms with Crippen LogP contribution in [0.4, 0.5) is 0 Å². The van der Waals surface area contributed by atoms with Crippen LogP contribution >= 0.6 is 11.6 Å². The van der Waals surface area contributed by atoms with E-state index in [0.29, 0.717) is 5.56 Å². The van der Waals surface area contributed by atoms with Crippen LogP contribution in [0.1, 0.15) is 16.7 Å². The predicted octanol–water partition coefficient (Wildman–Crippen LogP) is 3.89. The molecular weight excluding hydrogens is 296 g/mol. The van der Waals surface area contributed by atoms with Gasteiger partial charge in [-0.05, 0) is 42.8 Å². The fourth-order valence-corrected chi connectivity index (χ4v) is 2.52. The van der Waals surface area contributed by atoms with Crippen molar-refractivity contribution in [3.8, 4) is 11.8 Å². The first kappa shape index (κ1) is 16.4. The average Bonchev–Trinajstić information content (AvgIpc) is 2.55. The Morgan fingerprint density at radius 3 is 2.64 bits per heavy atom. The number of nitriles is 1. The van der Waals surface area contributed by atoms with E-state index in [-0.39, 0.29) is 0 Å². The molecule has 0 aliphatic rings. The van der Waals surface area contributed by atoms with Crippen molar-refractivity contribution in [3.63, 3.8) is 0 Å². The van der Waals surface area contributed by atoms with Crippen molar-refractivity contribution >= 4 is 11.6 Å². The van der Waals surface area contributed by atoms with Gasteiger partial charge < -0.3 is 9.64 Å². The van der Waals surface area contributed by atoms with Crippen molar-refractivity contribution in [3.05, 3.63) is 64.2 Å². The molecule has 0 aliphatic heterocycles.